The highest BCUT2D eigenvalue weighted by atomic mass is 16.5. The topological polar surface area (TPSA) is 35.5 Å². The van der Waals surface area contributed by atoms with E-state index >= 15 is 0 Å². The van der Waals surface area contributed by atoms with Crippen LogP contribution >= 0.6 is 0 Å². The van der Waals surface area contributed by atoms with E-state index < -0.39 is 0 Å². The molecule has 3 nitrogen and oxygen atoms in total. The molecule has 122 valence electrons. The van der Waals surface area contributed by atoms with Crippen LogP contribution in [0.5, 0.6) is 5.75 Å². The molecule has 4 rings (SSSR count). The summed E-state index contributed by atoms with van der Waals surface area (Å²) in [6, 6.07) is 6.52. The molecular weight excluding hydrogens is 288 g/mol. The summed E-state index contributed by atoms with van der Waals surface area (Å²) >= 11 is 0. The molecule has 0 N–H and O–H groups in total. The first-order chi connectivity index (χ1) is 11.2. The Hall–Kier alpha value is -1.77. The van der Waals surface area contributed by atoms with Gasteiger partial charge in [0, 0.05) is 11.3 Å². The van der Waals surface area contributed by atoms with E-state index in [4.69, 9.17) is 9.47 Å². The smallest absolute Gasteiger partial charge is 0.293 e. The van der Waals surface area contributed by atoms with Crippen LogP contribution in [0.15, 0.2) is 29.8 Å². The van der Waals surface area contributed by atoms with Gasteiger partial charge in [-0.2, -0.15) is 0 Å². The van der Waals surface area contributed by atoms with E-state index in [-0.39, 0.29) is 11.5 Å². The molecule has 4 atom stereocenters. The molecule has 0 saturated heterocycles. The Morgan fingerprint density at radius 3 is 2.91 bits per heavy atom. The lowest BCUT2D eigenvalue weighted by Gasteiger charge is -2.46. The van der Waals surface area contributed by atoms with Crippen LogP contribution in [0.1, 0.15) is 49.7 Å². The van der Waals surface area contributed by atoms with Gasteiger partial charge in [0.15, 0.2) is 0 Å². The highest BCUT2D eigenvalue weighted by Gasteiger charge is 2.53. The molecule has 1 aromatic carbocycles. The maximum absolute atomic E-state index is 10.8. The zero-order valence-corrected chi connectivity index (χ0v) is 13.9. The van der Waals surface area contributed by atoms with E-state index in [2.05, 4.69) is 31.2 Å². The third-order valence-electron chi connectivity index (χ3n) is 6.53. The van der Waals surface area contributed by atoms with Crippen molar-refractivity contribution in [3.8, 4) is 5.75 Å². The van der Waals surface area contributed by atoms with Gasteiger partial charge in [0.1, 0.15) is 11.9 Å². The zero-order valence-electron chi connectivity index (χ0n) is 13.9. The van der Waals surface area contributed by atoms with E-state index in [0.717, 1.165) is 37.9 Å². The van der Waals surface area contributed by atoms with Gasteiger partial charge in [-0.05, 0) is 61.3 Å². The predicted octanol–water partition coefficient (Wildman–Crippen LogP) is 4.01. The Morgan fingerprint density at radius 1 is 1.26 bits per heavy atom. The van der Waals surface area contributed by atoms with E-state index in [9.17, 15) is 4.79 Å². The van der Waals surface area contributed by atoms with Crippen LogP contribution in [-0.4, -0.2) is 19.7 Å². The Kier molecular flexibility index (Phi) is 3.47. The number of benzene rings is 1. The SMILES string of the molecule is COc1ccc2c(c1)CC=C1[C@@H]2CC[C@]2(C)[C@@H](OC=O)CC[C@@H]12. The standard InChI is InChI=1S/C20H24O3/c1-20-10-9-16-15-6-4-14(22-2)11-13(15)3-5-17(16)18(20)7-8-19(20)23-12-21/h4-6,11-12,16,18-19H,3,7-10H2,1-2H3/t16-,18+,19+,20+/m1/s1. The van der Waals surface area contributed by atoms with Gasteiger partial charge in [-0.15, -0.1) is 0 Å². The van der Waals surface area contributed by atoms with Crippen LogP contribution in [0, 0.1) is 11.3 Å². The maximum atomic E-state index is 10.8. The van der Waals surface area contributed by atoms with Crippen LogP contribution in [0.25, 0.3) is 0 Å². The number of ether oxygens (including phenoxy) is 2. The van der Waals surface area contributed by atoms with Crippen molar-refractivity contribution in [2.45, 2.75) is 51.0 Å². The average molecular weight is 312 g/mol. The largest absolute Gasteiger partial charge is 0.497 e. The monoisotopic (exact) mass is 312 g/mol. The highest BCUT2D eigenvalue weighted by molar-refractivity contribution is 5.48. The second-order valence-corrected chi connectivity index (χ2v) is 7.42. The van der Waals surface area contributed by atoms with E-state index in [0.29, 0.717) is 18.3 Å². The molecule has 0 radical (unpaired) electrons. The summed E-state index contributed by atoms with van der Waals surface area (Å²) in [5.41, 5.74) is 4.59. The molecule has 23 heavy (non-hydrogen) atoms. The van der Waals surface area contributed by atoms with Crippen LogP contribution in [0.4, 0.5) is 0 Å². The van der Waals surface area contributed by atoms with Crippen molar-refractivity contribution in [1.82, 2.24) is 0 Å². The van der Waals surface area contributed by atoms with Gasteiger partial charge in [-0.1, -0.05) is 24.6 Å². The number of rotatable bonds is 3. The molecule has 1 aromatic rings. The van der Waals surface area contributed by atoms with Gasteiger partial charge >= 0.3 is 0 Å². The van der Waals surface area contributed by atoms with E-state index in [1.54, 1.807) is 12.7 Å². The summed E-state index contributed by atoms with van der Waals surface area (Å²) in [7, 11) is 1.73. The normalized spacial score (nSPS) is 34.7. The molecule has 3 aliphatic rings. The third-order valence-corrected chi connectivity index (χ3v) is 6.53. The molecule has 0 amide bonds. The minimum Gasteiger partial charge on any atom is -0.497 e. The quantitative estimate of drug-likeness (QED) is 0.625. The van der Waals surface area contributed by atoms with Crippen molar-refractivity contribution in [3.63, 3.8) is 0 Å². The first kappa shape index (κ1) is 14.8. The Bertz CT molecular complexity index is 663. The minimum atomic E-state index is 0.0871. The fraction of sp³-hybridized carbons (Fsp3) is 0.550. The Labute approximate surface area is 137 Å². The molecule has 2 saturated carbocycles. The van der Waals surface area contributed by atoms with Gasteiger partial charge in [0.25, 0.3) is 6.47 Å². The number of carbonyl (C=O) groups is 1. The second-order valence-electron chi connectivity index (χ2n) is 7.42. The first-order valence-electron chi connectivity index (χ1n) is 8.63. The second kappa shape index (κ2) is 5.40. The molecule has 3 aliphatic carbocycles. The summed E-state index contributed by atoms with van der Waals surface area (Å²) in [4.78, 5) is 10.8. The molecule has 3 heteroatoms. The van der Waals surface area contributed by atoms with Crippen molar-refractivity contribution >= 4 is 6.47 Å². The van der Waals surface area contributed by atoms with Crippen molar-refractivity contribution in [1.29, 1.82) is 0 Å². The minimum absolute atomic E-state index is 0.0871. The average Bonchev–Trinajstić information content (AvgIpc) is 2.91. The van der Waals surface area contributed by atoms with Crippen molar-refractivity contribution < 1.29 is 14.3 Å². The molecule has 0 unspecified atom stereocenters. The van der Waals surface area contributed by atoms with Crippen LogP contribution in [0.3, 0.4) is 0 Å². The van der Waals surface area contributed by atoms with Gasteiger partial charge in [0.2, 0.25) is 0 Å². The summed E-state index contributed by atoms with van der Waals surface area (Å²) in [5.74, 6) is 2.04. The first-order valence-corrected chi connectivity index (χ1v) is 8.63. The number of carbonyl (C=O) groups excluding carboxylic acids is 1. The molecule has 0 spiro atoms. The molecule has 0 heterocycles. The fourth-order valence-corrected chi connectivity index (χ4v) is 5.31. The van der Waals surface area contributed by atoms with Gasteiger partial charge in [-0.25, -0.2) is 0 Å². The van der Waals surface area contributed by atoms with Gasteiger partial charge in [-0.3, -0.25) is 4.79 Å². The number of hydrogen-bond donors (Lipinski definition) is 0. The van der Waals surface area contributed by atoms with Crippen molar-refractivity contribution in [2.75, 3.05) is 7.11 Å². The van der Waals surface area contributed by atoms with Gasteiger partial charge in [0.05, 0.1) is 7.11 Å². The molecule has 2 fully saturated rings. The predicted molar refractivity (Wildman–Crippen MR) is 88.5 cm³/mol. The molecule has 0 bridgehead atoms. The molecule has 0 aliphatic heterocycles. The highest BCUT2D eigenvalue weighted by Crippen LogP contribution is 2.60. The summed E-state index contributed by atoms with van der Waals surface area (Å²) in [6.07, 6.45) is 7.94. The summed E-state index contributed by atoms with van der Waals surface area (Å²) in [6.45, 7) is 2.96. The maximum Gasteiger partial charge on any atom is 0.293 e. The van der Waals surface area contributed by atoms with Crippen LogP contribution in [0.2, 0.25) is 0 Å². The fourth-order valence-electron chi connectivity index (χ4n) is 5.31. The van der Waals surface area contributed by atoms with Crippen molar-refractivity contribution in [2.24, 2.45) is 11.3 Å². The lowest BCUT2D eigenvalue weighted by atomic mass is 9.59. The molecule has 0 aromatic heterocycles. The number of fused-ring (bicyclic) bond motifs is 5. The lowest BCUT2D eigenvalue weighted by molar-refractivity contribution is -0.139. The van der Waals surface area contributed by atoms with Crippen molar-refractivity contribution in [3.05, 3.63) is 41.0 Å². The number of hydrogen-bond acceptors (Lipinski definition) is 3. The van der Waals surface area contributed by atoms with E-state index in [1.807, 2.05) is 0 Å². The summed E-state index contributed by atoms with van der Waals surface area (Å²) < 4.78 is 10.8. The summed E-state index contributed by atoms with van der Waals surface area (Å²) in [5, 5.41) is 0. The van der Waals surface area contributed by atoms with Gasteiger partial charge < -0.3 is 9.47 Å². The zero-order chi connectivity index (χ0) is 16.0. The van der Waals surface area contributed by atoms with Crippen LogP contribution in [-0.2, 0) is 16.0 Å². The van der Waals surface area contributed by atoms with E-state index in [1.165, 1.54) is 11.1 Å². The number of allylic oxidation sites excluding steroid dienone is 2. The van der Waals surface area contributed by atoms with Crippen LogP contribution < -0.4 is 4.74 Å². The molecular formula is C20H24O3. The lowest BCUT2D eigenvalue weighted by Crippen LogP contribution is -2.40. The third kappa shape index (κ3) is 2.13. The Morgan fingerprint density at radius 2 is 2.13 bits per heavy atom. The number of methoxy groups -OCH3 is 1. The Balaban J connectivity index is 1.67.